The molecule has 70 valence electrons. The number of benzene rings is 1. The van der Waals surface area contributed by atoms with Crippen LogP contribution in [0.2, 0.25) is 0 Å². The maximum Gasteiger partial charge on any atom is 0.320 e. The molecule has 0 aliphatic rings. The van der Waals surface area contributed by atoms with Crippen LogP contribution in [0.25, 0.3) is 0 Å². The Hall–Kier alpha value is -0.540. The van der Waals surface area contributed by atoms with Gasteiger partial charge in [0.1, 0.15) is 0 Å². The summed E-state index contributed by atoms with van der Waals surface area (Å²) in [5.41, 5.74) is 1.83. The minimum absolute atomic E-state index is 0.485. The summed E-state index contributed by atoms with van der Waals surface area (Å²) in [5.74, 6) is 0. The van der Waals surface area contributed by atoms with Crippen molar-refractivity contribution in [1.29, 1.82) is 0 Å². The molecule has 0 N–H and O–H groups in total. The van der Waals surface area contributed by atoms with E-state index >= 15 is 0 Å². The number of hydrogen-bond acceptors (Lipinski definition) is 1. The molecule has 1 aromatic carbocycles. The molecule has 1 aromatic rings. The second-order valence-electron chi connectivity index (χ2n) is 2.74. The van der Waals surface area contributed by atoms with Crippen LogP contribution in [0.4, 0.5) is 10.5 Å². The predicted molar refractivity (Wildman–Crippen MR) is 58.5 cm³/mol. The average Bonchev–Trinajstić information content (AvgIpc) is 2.08. The maximum atomic E-state index is 10.9. The summed E-state index contributed by atoms with van der Waals surface area (Å²) in [6.07, 6.45) is 0. The molecule has 0 bridgehead atoms. The molecule has 4 heteroatoms. The van der Waals surface area contributed by atoms with Crippen LogP contribution < -0.4 is 4.90 Å². The molecular formula is C9H9BrClNO. The van der Waals surface area contributed by atoms with Gasteiger partial charge in [-0.3, -0.25) is 4.79 Å². The molecule has 1 amide bonds. The quantitative estimate of drug-likeness (QED) is 0.560. The van der Waals surface area contributed by atoms with E-state index in [4.69, 9.17) is 11.6 Å². The summed E-state index contributed by atoms with van der Waals surface area (Å²) < 4.78 is 0.929. The molecule has 1 rings (SSSR count). The molecule has 0 radical (unpaired) electrons. The van der Waals surface area contributed by atoms with E-state index in [0.717, 1.165) is 15.7 Å². The Morgan fingerprint density at radius 2 is 2.15 bits per heavy atom. The van der Waals surface area contributed by atoms with Crippen molar-refractivity contribution in [2.45, 2.75) is 6.92 Å². The monoisotopic (exact) mass is 261 g/mol. The minimum Gasteiger partial charge on any atom is -0.302 e. The molecule has 0 aliphatic carbocycles. The van der Waals surface area contributed by atoms with Crippen molar-refractivity contribution in [2.75, 3.05) is 11.9 Å². The lowest BCUT2D eigenvalue weighted by atomic mass is 10.2. The Morgan fingerprint density at radius 3 is 2.69 bits per heavy atom. The van der Waals surface area contributed by atoms with Gasteiger partial charge in [0.25, 0.3) is 0 Å². The van der Waals surface area contributed by atoms with Crippen LogP contribution in [0.1, 0.15) is 5.56 Å². The lowest BCUT2D eigenvalue weighted by molar-refractivity contribution is 0.265. The molecule has 2 nitrogen and oxygen atoms in total. The van der Waals surface area contributed by atoms with E-state index in [1.807, 2.05) is 25.1 Å². The van der Waals surface area contributed by atoms with Gasteiger partial charge in [-0.25, -0.2) is 0 Å². The van der Waals surface area contributed by atoms with E-state index in [1.165, 1.54) is 4.90 Å². The highest BCUT2D eigenvalue weighted by atomic mass is 79.9. The first-order valence-electron chi connectivity index (χ1n) is 3.71. The number of nitrogens with zero attached hydrogens (tertiary/aromatic N) is 1. The third kappa shape index (κ3) is 2.45. The van der Waals surface area contributed by atoms with Gasteiger partial charge < -0.3 is 4.90 Å². The van der Waals surface area contributed by atoms with Crippen LogP contribution in [0, 0.1) is 6.92 Å². The van der Waals surface area contributed by atoms with Crippen molar-refractivity contribution >= 4 is 38.6 Å². The summed E-state index contributed by atoms with van der Waals surface area (Å²) in [6.45, 7) is 1.93. The molecule has 0 heterocycles. The number of carbonyl (C=O) groups excluding carboxylic acids is 1. The van der Waals surface area contributed by atoms with Crippen LogP contribution in [-0.4, -0.2) is 12.4 Å². The van der Waals surface area contributed by atoms with Crippen LogP contribution >= 0.6 is 27.5 Å². The molecule has 0 fully saturated rings. The van der Waals surface area contributed by atoms with Crippen molar-refractivity contribution in [1.82, 2.24) is 0 Å². The topological polar surface area (TPSA) is 20.3 Å². The summed E-state index contributed by atoms with van der Waals surface area (Å²) in [5, 5.41) is -0.485. The summed E-state index contributed by atoms with van der Waals surface area (Å²) in [6, 6.07) is 5.71. The zero-order chi connectivity index (χ0) is 10.0. The number of aryl methyl sites for hydroxylation is 1. The average molecular weight is 263 g/mol. The fraction of sp³-hybridized carbons (Fsp3) is 0.222. The van der Waals surface area contributed by atoms with Crippen molar-refractivity contribution in [2.24, 2.45) is 0 Å². The minimum atomic E-state index is -0.485. The highest BCUT2D eigenvalue weighted by Crippen LogP contribution is 2.24. The Bertz CT molecular complexity index is 340. The second-order valence-corrected chi connectivity index (χ2v) is 3.98. The highest BCUT2D eigenvalue weighted by molar-refractivity contribution is 9.10. The number of rotatable bonds is 1. The lowest BCUT2D eigenvalue weighted by Gasteiger charge is -2.16. The highest BCUT2D eigenvalue weighted by Gasteiger charge is 2.09. The Labute approximate surface area is 90.6 Å². The third-order valence-electron chi connectivity index (χ3n) is 1.80. The molecule has 0 aromatic heterocycles. The number of amides is 1. The van der Waals surface area contributed by atoms with Gasteiger partial charge in [0.15, 0.2) is 0 Å². The summed E-state index contributed by atoms with van der Waals surface area (Å²) in [4.78, 5) is 12.3. The summed E-state index contributed by atoms with van der Waals surface area (Å²) in [7, 11) is 1.64. The molecular weight excluding hydrogens is 253 g/mol. The van der Waals surface area contributed by atoms with Crippen molar-refractivity contribution in [3.05, 3.63) is 28.2 Å². The van der Waals surface area contributed by atoms with E-state index in [2.05, 4.69) is 15.9 Å². The van der Waals surface area contributed by atoms with E-state index in [-0.39, 0.29) is 0 Å². The van der Waals surface area contributed by atoms with Crippen LogP contribution in [0.15, 0.2) is 22.7 Å². The van der Waals surface area contributed by atoms with Crippen LogP contribution in [0.5, 0.6) is 0 Å². The van der Waals surface area contributed by atoms with Gasteiger partial charge >= 0.3 is 5.37 Å². The van der Waals surface area contributed by atoms with Gasteiger partial charge in [0, 0.05) is 17.2 Å². The van der Waals surface area contributed by atoms with Crippen LogP contribution in [-0.2, 0) is 0 Å². The van der Waals surface area contributed by atoms with Gasteiger partial charge in [0.05, 0.1) is 0 Å². The zero-order valence-corrected chi connectivity index (χ0v) is 9.69. The van der Waals surface area contributed by atoms with Gasteiger partial charge in [-0.2, -0.15) is 0 Å². The normalized spacial score (nSPS) is 9.85. The van der Waals surface area contributed by atoms with Crippen molar-refractivity contribution in [3.8, 4) is 0 Å². The molecule has 0 saturated carbocycles. The van der Waals surface area contributed by atoms with Gasteiger partial charge in [-0.05, 0) is 36.2 Å². The Kier molecular flexibility index (Phi) is 3.33. The fourth-order valence-electron chi connectivity index (χ4n) is 1.04. The Morgan fingerprint density at radius 1 is 1.54 bits per heavy atom. The van der Waals surface area contributed by atoms with E-state index < -0.39 is 5.37 Å². The van der Waals surface area contributed by atoms with Gasteiger partial charge in [-0.15, -0.1) is 0 Å². The summed E-state index contributed by atoms with van der Waals surface area (Å²) >= 11 is 8.69. The lowest BCUT2D eigenvalue weighted by Crippen LogP contribution is -2.20. The molecule has 0 aliphatic heterocycles. The smallest absolute Gasteiger partial charge is 0.302 e. The third-order valence-corrected chi connectivity index (χ3v) is 2.54. The molecule has 0 spiro atoms. The first-order chi connectivity index (χ1) is 6.02. The van der Waals surface area contributed by atoms with Gasteiger partial charge in [-0.1, -0.05) is 22.0 Å². The Balaban J connectivity index is 3.12. The van der Waals surface area contributed by atoms with E-state index in [9.17, 15) is 4.79 Å². The van der Waals surface area contributed by atoms with Crippen molar-refractivity contribution in [3.63, 3.8) is 0 Å². The first kappa shape index (κ1) is 10.5. The number of hydrogen-bond donors (Lipinski definition) is 0. The van der Waals surface area contributed by atoms with Crippen LogP contribution in [0.3, 0.4) is 0 Å². The van der Waals surface area contributed by atoms with Crippen molar-refractivity contribution < 1.29 is 4.79 Å². The molecule has 0 unspecified atom stereocenters. The van der Waals surface area contributed by atoms with Gasteiger partial charge in [0.2, 0.25) is 0 Å². The standard InChI is InChI=1S/C9H9BrClNO/c1-6-3-4-7(10)5-8(6)12(2)9(11)13/h3-5H,1-2H3. The number of halogens is 2. The molecule has 13 heavy (non-hydrogen) atoms. The largest absolute Gasteiger partial charge is 0.320 e. The number of carbonyl (C=O) groups is 1. The number of anilines is 1. The fourth-order valence-corrected chi connectivity index (χ4v) is 1.48. The molecule has 0 atom stereocenters. The van der Waals surface area contributed by atoms with E-state index in [0.29, 0.717) is 0 Å². The maximum absolute atomic E-state index is 10.9. The molecule has 0 saturated heterocycles. The second kappa shape index (κ2) is 4.11. The zero-order valence-electron chi connectivity index (χ0n) is 7.34. The predicted octanol–water partition coefficient (Wildman–Crippen LogP) is 3.55. The van der Waals surface area contributed by atoms with E-state index in [1.54, 1.807) is 7.05 Å². The first-order valence-corrected chi connectivity index (χ1v) is 4.89. The SMILES string of the molecule is Cc1ccc(Br)cc1N(C)C(=O)Cl.